The maximum Gasteiger partial charge on any atom is 0.321 e. The summed E-state index contributed by atoms with van der Waals surface area (Å²) in [5, 5.41) is 9.28. The Hall–Kier alpha value is -1.25. The van der Waals surface area contributed by atoms with Crippen molar-refractivity contribution in [1.29, 1.82) is 0 Å². The van der Waals surface area contributed by atoms with Gasteiger partial charge >= 0.3 is 5.97 Å². The van der Waals surface area contributed by atoms with Crippen LogP contribution < -0.4 is 0 Å². The minimum absolute atomic E-state index is 0.291. The van der Waals surface area contributed by atoms with Gasteiger partial charge in [0.05, 0.1) is 7.11 Å². The molecule has 0 saturated heterocycles. The molecule has 3 heteroatoms. The second-order valence-corrected chi connectivity index (χ2v) is 3.80. The summed E-state index contributed by atoms with van der Waals surface area (Å²) in [4.78, 5) is 11.3. The van der Waals surface area contributed by atoms with Gasteiger partial charge in [-0.2, -0.15) is 0 Å². The van der Waals surface area contributed by atoms with Crippen LogP contribution in [0, 0.1) is 11.3 Å². The van der Waals surface area contributed by atoms with Gasteiger partial charge in [0.1, 0.15) is 11.2 Å². The van der Waals surface area contributed by atoms with Gasteiger partial charge in [0.15, 0.2) is 0 Å². The predicted octanol–water partition coefficient (Wildman–Crippen LogP) is 2.59. The summed E-state index contributed by atoms with van der Waals surface area (Å²) in [6.07, 6.45) is 7.11. The fourth-order valence-electron chi connectivity index (χ4n) is 1.89. The van der Waals surface area contributed by atoms with Gasteiger partial charge in [0, 0.05) is 0 Å². The van der Waals surface area contributed by atoms with E-state index >= 15 is 0 Å². The number of hydrogen-bond donors (Lipinski definition) is 1. The molecule has 1 aliphatic carbocycles. The first-order valence-corrected chi connectivity index (χ1v) is 5.29. The molecule has 0 aromatic heterocycles. The van der Waals surface area contributed by atoms with E-state index in [0.29, 0.717) is 18.1 Å². The molecule has 1 rings (SSSR count). The highest BCUT2D eigenvalue weighted by atomic mass is 16.5. The normalized spacial score (nSPS) is 29.8. The average molecular weight is 210 g/mol. The molecule has 15 heavy (non-hydrogen) atoms. The van der Waals surface area contributed by atoms with Crippen molar-refractivity contribution >= 4 is 5.97 Å². The Bertz CT molecular complexity index is 304. The van der Waals surface area contributed by atoms with Crippen LogP contribution in [0.25, 0.3) is 0 Å². The third kappa shape index (κ3) is 1.91. The van der Waals surface area contributed by atoms with E-state index in [1.807, 2.05) is 19.1 Å². The zero-order chi connectivity index (χ0) is 11.5. The molecule has 0 saturated carbocycles. The van der Waals surface area contributed by atoms with Crippen molar-refractivity contribution in [2.45, 2.75) is 26.7 Å². The predicted molar refractivity (Wildman–Crippen MR) is 58.4 cm³/mol. The fourth-order valence-corrected chi connectivity index (χ4v) is 1.89. The number of methoxy groups -OCH3 is 1. The van der Waals surface area contributed by atoms with Crippen LogP contribution in [-0.4, -0.2) is 18.2 Å². The summed E-state index contributed by atoms with van der Waals surface area (Å²) in [7, 11) is 1.53. The molecule has 84 valence electrons. The molecule has 0 aromatic rings. The molecule has 0 spiro atoms. The number of carboxylic acid groups (broad SMARTS) is 1. The molecule has 1 N–H and O–H groups in total. The zero-order valence-corrected chi connectivity index (χ0v) is 9.49. The van der Waals surface area contributed by atoms with Gasteiger partial charge in [0.25, 0.3) is 0 Å². The van der Waals surface area contributed by atoms with E-state index in [2.05, 4.69) is 6.92 Å². The monoisotopic (exact) mass is 210 g/mol. The highest BCUT2D eigenvalue weighted by Crippen LogP contribution is 2.38. The van der Waals surface area contributed by atoms with Crippen molar-refractivity contribution in [3.05, 3.63) is 24.0 Å². The van der Waals surface area contributed by atoms with Gasteiger partial charge in [-0.25, -0.2) is 0 Å². The summed E-state index contributed by atoms with van der Waals surface area (Å²) in [5.74, 6) is 0.00901. The Labute approximate surface area is 90.4 Å². The number of hydrogen-bond acceptors (Lipinski definition) is 2. The molecule has 0 aromatic carbocycles. The van der Waals surface area contributed by atoms with E-state index in [1.54, 1.807) is 6.08 Å². The molecule has 2 unspecified atom stereocenters. The molecule has 0 amide bonds. The van der Waals surface area contributed by atoms with Crippen molar-refractivity contribution in [3.8, 4) is 0 Å². The summed E-state index contributed by atoms with van der Waals surface area (Å²) in [6, 6.07) is 0. The second kappa shape index (κ2) is 4.51. The topological polar surface area (TPSA) is 46.5 Å². The Morgan fingerprint density at radius 3 is 2.67 bits per heavy atom. The average Bonchev–Trinajstić information content (AvgIpc) is 2.27. The van der Waals surface area contributed by atoms with Crippen molar-refractivity contribution in [3.63, 3.8) is 0 Å². The quantitative estimate of drug-likeness (QED) is 0.725. The van der Waals surface area contributed by atoms with E-state index < -0.39 is 11.4 Å². The van der Waals surface area contributed by atoms with Gasteiger partial charge in [0.2, 0.25) is 0 Å². The first-order valence-electron chi connectivity index (χ1n) is 5.29. The van der Waals surface area contributed by atoms with Gasteiger partial charge in [-0.3, -0.25) is 4.79 Å². The first-order chi connectivity index (χ1) is 7.10. The lowest BCUT2D eigenvalue weighted by atomic mass is 9.77. The molecule has 0 bridgehead atoms. The second-order valence-electron chi connectivity index (χ2n) is 3.80. The van der Waals surface area contributed by atoms with E-state index in [0.717, 1.165) is 6.42 Å². The SMILES string of the molecule is CCC1C=CC(CC)(C(=O)O)C(OC)=C1. The summed E-state index contributed by atoms with van der Waals surface area (Å²) < 4.78 is 5.22. The third-order valence-electron chi connectivity index (χ3n) is 3.06. The van der Waals surface area contributed by atoms with Crippen LogP contribution in [0.3, 0.4) is 0 Å². The van der Waals surface area contributed by atoms with Crippen LogP contribution >= 0.6 is 0 Å². The molecule has 0 radical (unpaired) electrons. The molecule has 1 aliphatic rings. The van der Waals surface area contributed by atoms with E-state index in [-0.39, 0.29) is 0 Å². The number of carboxylic acids is 1. The van der Waals surface area contributed by atoms with Crippen molar-refractivity contribution in [1.82, 2.24) is 0 Å². The fraction of sp³-hybridized carbons (Fsp3) is 0.583. The lowest BCUT2D eigenvalue weighted by Gasteiger charge is -2.30. The maximum atomic E-state index is 11.3. The number of carbonyl (C=O) groups is 1. The Kier molecular flexibility index (Phi) is 3.56. The Morgan fingerprint density at radius 2 is 2.27 bits per heavy atom. The zero-order valence-electron chi connectivity index (χ0n) is 9.49. The minimum Gasteiger partial charge on any atom is -0.500 e. The summed E-state index contributed by atoms with van der Waals surface area (Å²) >= 11 is 0. The van der Waals surface area contributed by atoms with Crippen molar-refractivity contribution < 1.29 is 14.6 Å². The number of ether oxygens (including phenoxy) is 1. The van der Waals surface area contributed by atoms with Crippen LogP contribution in [0.15, 0.2) is 24.0 Å². The van der Waals surface area contributed by atoms with Crippen LogP contribution in [0.2, 0.25) is 0 Å². The number of aliphatic carboxylic acids is 1. The van der Waals surface area contributed by atoms with Crippen molar-refractivity contribution in [2.75, 3.05) is 7.11 Å². The van der Waals surface area contributed by atoms with Gasteiger partial charge in [-0.05, 0) is 24.8 Å². The Morgan fingerprint density at radius 1 is 1.60 bits per heavy atom. The first kappa shape index (κ1) is 11.8. The highest BCUT2D eigenvalue weighted by molar-refractivity contribution is 5.81. The summed E-state index contributed by atoms with van der Waals surface area (Å²) in [6.45, 7) is 3.93. The largest absolute Gasteiger partial charge is 0.500 e. The van der Waals surface area contributed by atoms with Crippen LogP contribution in [-0.2, 0) is 9.53 Å². The van der Waals surface area contributed by atoms with E-state index in [4.69, 9.17) is 4.74 Å². The summed E-state index contributed by atoms with van der Waals surface area (Å²) in [5.41, 5.74) is -0.958. The standard InChI is InChI=1S/C12H18O3/c1-4-9-6-7-12(5-2,11(13)14)10(8-9)15-3/h6-9H,4-5H2,1-3H3,(H,13,14). The molecular weight excluding hydrogens is 192 g/mol. The number of allylic oxidation sites excluding steroid dienone is 2. The minimum atomic E-state index is -0.958. The lowest BCUT2D eigenvalue weighted by molar-refractivity contribution is -0.146. The Balaban J connectivity index is 3.10. The van der Waals surface area contributed by atoms with E-state index in [1.165, 1.54) is 7.11 Å². The molecule has 3 nitrogen and oxygen atoms in total. The van der Waals surface area contributed by atoms with Crippen LogP contribution in [0.4, 0.5) is 0 Å². The molecule has 0 fully saturated rings. The van der Waals surface area contributed by atoms with Crippen LogP contribution in [0.5, 0.6) is 0 Å². The lowest BCUT2D eigenvalue weighted by Crippen LogP contribution is -2.33. The van der Waals surface area contributed by atoms with Crippen LogP contribution in [0.1, 0.15) is 26.7 Å². The highest BCUT2D eigenvalue weighted by Gasteiger charge is 2.41. The molecule has 0 heterocycles. The maximum absolute atomic E-state index is 11.3. The van der Waals surface area contributed by atoms with Gasteiger partial charge in [-0.1, -0.05) is 26.0 Å². The number of rotatable bonds is 4. The van der Waals surface area contributed by atoms with E-state index in [9.17, 15) is 9.90 Å². The molecule has 0 aliphatic heterocycles. The third-order valence-corrected chi connectivity index (χ3v) is 3.06. The molecular formula is C12H18O3. The van der Waals surface area contributed by atoms with Gasteiger partial charge in [-0.15, -0.1) is 0 Å². The van der Waals surface area contributed by atoms with Gasteiger partial charge < -0.3 is 9.84 Å². The van der Waals surface area contributed by atoms with Crippen molar-refractivity contribution in [2.24, 2.45) is 11.3 Å². The smallest absolute Gasteiger partial charge is 0.321 e. The molecule has 2 atom stereocenters.